The standard InChI is InChI=1S/C68H42BN5O/c1-5-20-43(21-6-1)70(47-36-37-51-50-29-15-18-35-63(50)75-64(51)40-47)48-38-61-66-62(39-48)73(46-26-11-4-12-27-46)68-65(54-30-14-17-34-58(54)72(68)45-24-9-3-10-25-45)69(66)56-41-55-53-32-19-31-52-49-28-13-16-33-57(49)74(67(52)53)59(55)42-60(56)71(61)44-22-7-2-8-23-44/h1-42H. The summed E-state index contributed by atoms with van der Waals surface area (Å²) in [6.45, 7) is -0.165. The Balaban J connectivity index is 1.05. The molecular weight excluding hydrogens is 914 g/mol. The van der Waals surface area contributed by atoms with Gasteiger partial charge in [-0.15, -0.1) is 0 Å². The van der Waals surface area contributed by atoms with Crippen LogP contribution in [-0.2, 0) is 0 Å². The molecule has 0 unspecified atom stereocenters. The zero-order valence-electron chi connectivity index (χ0n) is 40.5. The molecule has 0 N–H and O–H groups in total. The Kier molecular flexibility index (Phi) is 8.27. The van der Waals surface area contributed by atoms with Crippen LogP contribution >= 0.6 is 0 Å². The average Bonchev–Trinajstić information content (AvgIpc) is 4.28. The van der Waals surface area contributed by atoms with Gasteiger partial charge in [-0.1, -0.05) is 152 Å². The molecule has 0 fully saturated rings. The smallest absolute Gasteiger partial charge is 0.255 e. The quantitative estimate of drug-likeness (QED) is 0.155. The van der Waals surface area contributed by atoms with Crippen LogP contribution in [0.4, 0.5) is 51.3 Å². The summed E-state index contributed by atoms with van der Waals surface area (Å²) in [5, 5.41) is 8.50. The first-order valence-corrected chi connectivity index (χ1v) is 25.8. The van der Waals surface area contributed by atoms with E-state index in [2.05, 4.69) is 272 Å². The van der Waals surface area contributed by atoms with Crippen LogP contribution in [0, 0.1) is 0 Å². The molecule has 0 saturated heterocycles. The molecule has 4 aromatic heterocycles. The highest BCUT2D eigenvalue weighted by molar-refractivity contribution is 7.02. The summed E-state index contributed by atoms with van der Waals surface area (Å²) in [6, 6.07) is 93.4. The van der Waals surface area contributed by atoms with E-state index in [9.17, 15) is 0 Å². The molecule has 0 atom stereocenters. The second-order valence-electron chi connectivity index (χ2n) is 20.0. The van der Waals surface area contributed by atoms with E-state index in [4.69, 9.17) is 4.42 Å². The van der Waals surface area contributed by atoms with E-state index >= 15 is 0 Å². The summed E-state index contributed by atoms with van der Waals surface area (Å²) in [7, 11) is 0. The second kappa shape index (κ2) is 15.3. The summed E-state index contributed by atoms with van der Waals surface area (Å²) in [5.74, 6) is 1.13. The van der Waals surface area contributed by atoms with Crippen molar-refractivity contribution < 1.29 is 4.42 Å². The molecule has 348 valence electrons. The van der Waals surface area contributed by atoms with Crippen LogP contribution in [0.15, 0.2) is 259 Å². The number of fused-ring (bicyclic) bond motifs is 15. The van der Waals surface area contributed by atoms with E-state index in [0.717, 1.165) is 84.5 Å². The minimum absolute atomic E-state index is 0.165. The number of hydrogen-bond donors (Lipinski definition) is 0. The SMILES string of the molecule is c1ccc(N(c2cc3c4c(c2)N(c2ccccc2)c2c(c5ccccc5n2-c2ccccc2)B4c2cc4c5cccc6c7ccccc7n(c4cc2N3c2ccccc2)c65)c2ccc3c(c2)oc2ccccc23)cc1. The number of rotatable bonds is 6. The van der Waals surface area contributed by atoms with Crippen molar-refractivity contribution in [3.05, 3.63) is 255 Å². The van der Waals surface area contributed by atoms with Crippen molar-refractivity contribution in [1.82, 2.24) is 8.97 Å². The summed E-state index contributed by atoms with van der Waals surface area (Å²) in [6.07, 6.45) is 0. The van der Waals surface area contributed by atoms with Crippen LogP contribution in [0.1, 0.15) is 0 Å². The molecule has 11 aromatic carbocycles. The van der Waals surface area contributed by atoms with Crippen molar-refractivity contribution in [2.45, 2.75) is 0 Å². The molecule has 15 aromatic rings. The summed E-state index contributed by atoms with van der Waals surface area (Å²) in [5.41, 5.74) is 20.1. The molecule has 0 bridgehead atoms. The molecule has 0 amide bonds. The van der Waals surface area contributed by atoms with Crippen LogP contribution in [0.5, 0.6) is 0 Å². The number of benzene rings is 11. The van der Waals surface area contributed by atoms with Gasteiger partial charge in [-0.3, -0.25) is 9.47 Å². The maximum Gasteiger partial charge on any atom is 0.255 e. The predicted molar refractivity (Wildman–Crippen MR) is 314 cm³/mol. The zero-order chi connectivity index (χ0) is 48.9. The molecule has 17 rings (SSSR count). The number of anilines is 9. The molecular formula is C68H42BN5O. The highest BCUT2D eigenvalue weighted by Crippen LogP contribution is 2.51. The normalized spacial score (nSPS) is 13.0. The Morgan fingerprint density at radius 3 is 1.65 bits per heavy atom. The second-order valence-corrected chi connectivity index (χ2v) is 20.0. The molecule has 2 aliphatic heterocycles. The monoisotopic (exact) mass is 955 g/mol. The minimum atomic E-state index is -0.165. The highest BCUT2D eigenvalue weighted by atomic mass is 16.3. The number of hydrogen-bond acceptors (Lipinski definition) is 4. The van der Waals surface area contributed by atoms with Gasteiger partial charge in [0.2, 0.25) is 0 Å². The number of aromatic nitrogens is 2. The van der Waals surface area contributed by atoms with E-state index in [1.165, 1.54) is 59.9 Å². The third-order valence-electron chi connectivity index (χ3n) is 16.1. The summed E-state index contributed by atoms with van der Waals surface area (Å²) < 4.78 is 11.7. The molecule has 0 radical (unpaired) electrons. The van der Waals surface area contributed by atoms with E-state index in [0.29, 0.717) is 0 Å². The van der Waals surface area contributed by atoms with E-state index in [-0.39, 0.29) is 6.71 Å². The van der Waals surface area contributed by atoms with Crippen LogP contribution < -0.4 is 31.1 Å². The van der Waals surface area contributed by atoms with Crippen LogP contribution in [0.25, 0.3) is 76.6 Å². The summed E-state index contributed by atoms with van der Waals surface area (Å²) >= 11 is 0. The predicted octanol–water partition coefficient (Wildman–Crippen LogP) is 16.2. The fourth-order valence-electron chi connectivity index (χ4n) is 13.2. The Bertz CT molecular complexity index is 4790. The van der Waals surface area contributed by atoms with Gasteiger partial charge in [0.25, 0.3) is 6.71 Å². The first-order valence-electron chi connectivity index (χ1n) is 25.8. The minimum Gasteiger partial charge on any atom is -0.456 e. The van der Waals surface area contributed by atoms with Gasteiger partial charge in [-0.2, -0.15) is 0 Å². The lowest BCUT2D eigenvalue weighted by atomic mass is 9.33. The third-order valence-corrected chi connectivity index (χ3v) is 16.1. The van der Waals surface area contributed by atoms with Crippen molar-refractivity contribution in [2.24, 2.45) is 0 Å². The lowest BCUT2D eigenvalue weighted by Gasteiger charge is -2.44. The number of nitrogens with zero attached hydrogens (tertiary/aromatic N) is 5. The van der Waals surface area contributed by atoms with Gasteiger partial charge >= 0.3 is 0 Å². The van der Waals surface area contributed by atoms with E-state index < -0.39 is 0 Å². The molecule has 2 aliphatic rings. The molecule has 0 spiro atoms. The van der Waals surface area contributed by atoms with Crippen molar-refractivity contribution in [2.75, 3.05) is 14.7 Å². The molecule has 75 heavy (non-hydrogen) atoms. The van der Waals surface area contributed by atoms with E-state index in [1.54, 1.807) is 0 Å². The van der Waals surface area contributed by atoms with E-state index in [1.807, 2.05) is 6.07 Å². The Morgan fingerprint density at radius 2 is 0.907 bits per heavy atom. The largest absolute Gasteiger partial charge is 0.456 e. The van der Waals surface area contributed by atoms with Gasteiger partial charge in [-0.25, -0.2) is 0 Å². The van der Waals surface area contributed by atoms with Crippen LogP contribution in [0.2, 0.25) is 0 Å². The van der Waals surface area contributed by atoms with Crippen LogP contribution in [0.3, 0.4) is 0 Å². The van der Waals surface area contributed by atoms with Crippen molar-refractivity contribution in [3.8, 4) is 5.69 Å². The third kappa shape index (κ3) is 5.58. The lowest BCUT2D eigenvalue weighted by molar-refractivity contribution is 0.669. The van der Waals surface area contributed by atoms with Gasteiger partial charge in [0, 0.05) is 83.9 Å². The number of para-hydroxylation sites is 8. The van der Waals surface area contributed by atoms with Crippen molar-refractivity contribution >= 4 is 145 Å². The Hall–Kier alpha value is -9.98. The number of furan rings is 1. The topological polar surface area (TPSA) is 32.2 Å². The van der Waals surface area contributed by atoms with Gasteiger partial charge in [0.05, 0.1) is 27.8 Å². The van der Waals surface area contributed by atoms with Crippen molar-refractivity contribution in [3.63, 3.8) is 0 Å². The highest BCUT2D eigenvalue weighted by Gasteiger charge is 2.47. The lowest BCUT2D eigenvalue weighted by Crippen LogP contribution is -2.61. The average molecular weight is 956 g/mol. The summed E-state index contributed by atoms with van der Waals surface area (Å²) in [4.78, 5) is 7.51. The van der Waals surface area contributed by atoms with Crippen LogP contribution in [-0.4, -0.2) is 15.7 Å². The first kappa shape index (κ1) is 40.6. The molecule has 6 heterocycles. The molecule has 7 heteroatoms. The first-order chi connectivity index (χ1) is 37.2. The van der Waals surface area contributed by atoms with Crippen molar-refractivity contribution in [1.29, 1.82) is 0 Å². The Labute approximate surface area is 431 Å². The maximum absolute atomic E-state index is 6.64. The van der Waals surface area contributed by atoms with Gasteiger partial charge in [0.15, 0.2) is 0 Å². The Morgan fingerprint density at radius 1 is 0.333 bits per heavy atom. The van der Waals surface area contributed by atoms with Gasteiger partial charge in [-0.05, 0) is 119 Å². The maximum atomic E-state index is 6.64. The van der Waals surface area contributed by atoms with Gasteiger partial charge < -0.3 is 18.6 Å². The zero-order valence-corrected chi connectivity index (χ0v) is 40.5. The fourth-order valence-corrected chi connectivity index (χ4v) is 13.2. The fraction of sp³-hybridized carbons (Fsp3) is 0. The molecule has 0 aliphatic carbocycles. The van der Waals surface area contributed by atoms with Gasteiger partial charge in [0.1, 0.15) is 17.0 Å². The molecule has 0 saturated carbocycles. The molecule has 6 nitrogen and oxygen atoms in total.